The Bertz CT molecular complexity index is 188. The van der Waals surface area contributed by atoms with E-state index in [0.717, 1.165) is 0 Å². The van der Waals surface area contributed by atoms with Crippen LogP contribution in [0.25, 0.3) is 0 Å². The lowest BCUT2D eigenvalue weighted by atomic mass is 10.4. The molecule has 1 radical (unpaired) electrons. The molecule has 8 heavy (non-hydrogen) atoms. The average Bonchev–Trinajstić information content (AvgIpc) is 1.65. The zero-order valence-electron chi connectivity index (χ0n) is 4.42. The second-order valence-electron chi connectivity index (χ2n) is 1.79. The van der Waals surface area contributed by atoms with Crippen molar-refractivity contribution in [3.8, 4) is 0 Å². The van der Waals surface area contributed by atoms with Gasteiger partial charge in [0.2, 0.25) is 0 Å². The molecule has 1 heterocycles. The molecule has 2 nitrogen and oxygen atoms in total. The molecule has 1 aliphatic heterocycles. The summed E-state index contributed by atoms with van der Waals surface area (Å²) in [6.07, 6.45) is 5.08. The highest BCUT2D eigenvalue weighted by molar-refractivity contribution is 7.91. The van der Waals surface area contributed by atoms with E-state index in [1.54, 1.807) is 6.08 Å². The van der Waals surface area contributed by atoms with E-state index in [0.29, 0.717) is 12.2 Å². The third kappa shape index (κ3) is 1.33. The number of sulfone groups is 1. The molecule has 0 amide bonds. The molecule has 0 bridgehead atoms. The van der Waals surface area contributed by atoms with Gasteiger partial charge in [-0.05, 0) is 12.5 Å². The highest BCUT2D eigenvalue weighted by Gasteiger charge is 2.09. The van der Waals surface area contributed by atoms with E-state index in [1.807, 2.05) is 0 Å². The summed E-state index contributed by atoms with van der Waals surface area (Å²) in [6.45, 7) is 0. The monoisotopic (exact) mass is 131 g/mol. The summed E-state index contributed by atoms with van der Waals surface area (Å²) >= 11 is 0. The van der Waals surface area contributed by atoms with Gasteiger partial charge in [0.25, 0.3) is 0 Å². The van der Waals surface area contributed by atoms with Crippen molar-refractivity contribution in [1.29, 1.82) is 0 Å². The highest BCUT2D eigenvalue weighted by atomic mass is 32.2. The second-order valence-corrected chi connectivity index (χ2v) is 3.97. The Morgan fingerprint density at radius 2 is 2.25 bits per heavy atom. The van der Waals surface area contributed by atoms with Gasteiger partial charge in [-0.3, -0.25) is 0 Å². The van der Waals surface area contributed by atoms with Crippen LogP contribution in [0.15, 0.2) is 6.08 Å². The molecule has 0 saturated heterocycles. The Labute approximate surface area is 49.1 Å². The van der Waals surface area contributed by atoms with Crippen molar-refractivity contribution in [3.63, 3.8) is 0 Å². The first kappa shape index (κ1) is 5.82. The maximum absolute atomic E-state index is 10.6. The van der Waals surface area contributed by atoms with Gasteiger partial charge < -0.3 is 0 Å². The summed E-state index contributed by atoms with van der Waals surface area (Å²) in [6, 6.07) is 0. The van der Waals surface area contributed by atoms with Crippen LogP contribution >= 0.6 is 0 Å². The molecule has 0 aromatic rings. The first-order valence-corrected chi connectivity index (χ1v) is 4.28. The Morgan fingerprint density at radius 1 is 1.50 bits per heavy atom. The van der Waals surface area contributed by atoms with Crippen LogP contribution in [-0.4, -0.2) is 19.9 Å². The first-order chi connectivity index (χ1) is 3.71. The summed E-state index contributed by atoms with van der Waals surface area (Å²) in [4.78, 5) is 0. The van der Waals surface area contributed by atoms with Crippen molar-refractivity contribution in [2.75, 3.05) is 11.5 Å². The molecule has 1 aliphatic rings. The largest absolute Gasteiger partial charge is 0.228 e. The summed E-state index contributed by atoms with van der Waals surface area (Å²) in [7, 11) is -2.73. The minimum atomic E-state index is -2.73. The summed E-state index contributed by atoms with van der Waals surface area (Å²) in [5.74, 6) is 0.424. The fourth-order valence-electron chi connectivity index (χ4n) is 0.599. The normalized spacial score (nSPS) is 25.5. The van der Waals surface area contributed by atoms with Crippen molar-refractivity contribution in [3.05, 3.63) is 12.2 Å². The van der Waals surface area contributed by atoms with Crippen LogP contribution in [0.4, 0.5) is 0 Å². The van der Waals surface area contributed by atoms with E-state index in [2.05, 4.69) is 6.08 Å². The smallest absolute Gasteiger partial charge is 0.154 e. The summed E-state index contributed by atoms with van der Waals surface area (Å²) in [5.41, 5.74) is 0. The van der Waals surface area contributed by atoms with Crippen LogP contribution < -0.4 is 0 Å². The molecule has 0 aliphatic carbocycles. The zero-order valence-corrected chi connectivity index (χ0v) is 5.24. The molecule has 1 rings (SSSR count). The van der Waals surface area contributed by atoms with Crippen LogP contribution in [0.3, 0.4) is 0 Å². The van der Waals surface area contributed by atoms with Crippen LogP contribution in [0, 0.1) is 6.08 Å². The van der Waals surface area contributed by atoms with Crippen LogP contribution in [0.5, 0.6) is 0 Å². The van der Waals surface area contributed by atoms with Crippen molar-refractivity contribution < 1.29 is 8.42 Å². The van der Waals surface area contributed by atoms with Gasteiger partial charge in [-0.2, -0.15) is 0 Å². The zero-order chi connectivity index (χ0) is 6.04. The predicted octanol–water partition coefficient (Wildman–Crippen LogP) is 0.164. The molecular formula is C5H7O2S. The topological polar surface area (TPSA) is 34.1 Å². The first-order valence-electron chi connectivity index (χ1n) is 2.46. The van der Waals surface area contributed by atoms with Crippen LogP contribution in [-0.2, 0) is 9.84 Å². The Hall–Kier alpha value is -0.310. The quantitative estimate of drug-likeness (QED) is 0.469. The molecule has 0 atom stereocenters. The van der Waals surface area contributed by atoms with Gasteiger partial charge in [-0.25, -0.2) is 8.42 Å². The summed E-state index contributed by atoms with van der Waals surface area (Å²) in [5, 5.41) is 0. The SMILES string of the molecule is O=S1(=O)C[C]=CCC1. The van der Waals surface area contributed by atoms with Gasteiger partial charge in [-0.15, -0.1) is 0 Å². The van der Waals surface area contributed by atoms with Gasteiger partial charge in [0, 0.05) is 0 Å². The van der Waals surface area contributed by atoms with Crippen molar-refractivity contribution in [2.45, 2.75) is 6.42 Å². The van der Waals surface area contributed by atoms with Crippen LogP contribution in [0.1, 0.15) is 6.42 Å². The van der Waals surface area contributed by atoms with Gasteiger partial charge in [0.15, 0.2) is 9.84 Å². The molecule has 0 saturated carbocycles. The number of allylic oxidation sites excluding steroid dienone is 1. The Balaban J connectivity index is 2.79. The molecule has 0 fully saturated rings. The Morgan fingerprint density at radius 3 is 2.50 bits per heavy atom. The van der Waals surface area contributed by atoms with E-state index in [4.69, 9.17) is 0 Å². The van der Waals surface area contributed by atoms with Crippen molar-refractivity contribution in [2.24, 2.45) is 0 Å². The molecule has 0 unspecified atom stereocenters. The second kappa shape index (κ2) is 1.90. The van der Waals surface area contributed by atoms with E-state index < -0.39 is 9.84 Å². The standard InChI is InChI=1S/C5H7O2S/c6-8(7)4-2-1-3-5-8/h1H,2,4-5H2. The molecule has 45 valence electrons. The van der Waals surface area contributed by atoms with E-state index in [9.17, 15) is 8.42 Å². The van der Waals surface area contributed by atoms with Gasteiger partial charge in [-0.1, -0.05) is 6.08 Å². The maximum Gasteiger partial charge on any atom is 0.154 e. The fourth-order valence-corrected chi connectivity index (χ4v) is 1.59. The van der Waals surface area contributed by atoms with Gasteiger partial charge in [0.1, 0.15) is 0 Å². The predicted molar refractivity (Wildman–Crippen MR) is 31.1 cm³/mol. The number of rotatable bonds is 0. The van der Waals surface area contributed by atoms with Crippen molar-refractivity contribution >= 4 is 9.84 Å². The number of hydrogen-bond acceptors (Lipinski definition) is 2. The lowest BCUT2D eigenvalue weighted by Gasteiger charge is -2.01. The van der Waals surface area contributed by atoms with Gasteiger partial charge >= 0.3 is 0 Å². The molecule has 0 aromatic heterocycles. The van der Waals surface area contributed by atoms with Crippen LogP contribution in [0.2, 0.25) is 0 Å². The minimum Gasteiger partial charge on any atom is -0.228 e. The van der Waals surface area contributed by atoms with E-state index in [-0.39, 0.29) is 5.75 Å². The third-order valence-electron chi connectivity index (χ3n) is 1.02. The minimum absolute atomic E-state index is 0.118. The van der Waals surface area contributed by atoms with Crippen molar-refractivity contribution in [1.82, 2.24) is 0 Å². The lowest BCUT2D eigenvalue weighted by molar-refractivity contribution is 0.596. The van der Waals surface area contributed by atoms with E-state index >= 15 is 0 Å². The third-order valence-corrected chi connectivity index (χ3v) is 2.48. The molecule has 0 aromatic carbocycles. The van der Waals surface area contributed by atoms with Gasteiger partial charge in [0.05, 0.1) is 11.5 Å². The maximum atomic E-state index is 10.6. The Kier molecular flexibility index (Phi) is 1.38. The highest BCUT2D eigenvalue weighted by Crippen LogP contribution is 2.00. The lowest BCUT2D eigenvalue weighted by Crippen LogP contribution is -2.12. The molecule has 3 heteroatoms. The fraction of sp³-hybridized carbons (Fsp3) is 0.600. The average molecular weight is 131 g/mol. The van der Waals surface area contributed by atoms with E-state index in [1.165, 1.54) is 0 Å². The molecule has 0 spiro atoms. The summed E-state index contributed by atoms with van der Waals surface area (Å²) < 4.78 is 21.1. The molecular weight excluding hydrogens is 124 g/mol. The molecule has 0 N–H and O–H groups in total. The number of hydrogen-bond donors (Lipinski definition) is 0.